The molecule has 0 radical (unpaired) electrons. The van der Waals surface area contributed by atoms with Crippen LogP contribution in [0.25, 0.3) is 33.4 Å². The van der Waals surface area contributed by atoms with Crippen LogP contribution < -0.4 is 0 Å². The molecule has 0 nitrogen and oxygen atoms in total. The maximum absolute atomic E-state index is 3.88. The molecule has 54 heavy (non-hydrogen) atoms. The van der Waals surface area contributed by atoms with Crippen LogP contribution in [0.2, 0.25) is 0 Å². The van der Waals surface area contributed by atoms with E-state index in [2.05, 4.69) is 199 Å². The number of halogens is 2. The van der Waals surface area contributed by atoms with Crippen LogP contribution in [-0.4, -0.2) is 3.26 Å². The van der Waals surface area contributed by atoms with Crippen molar-refractivity contribution in [2.24, 2.45) is 0 Å². The maximum atomic E-state index is 3.88. The number of fused-ring (bicyclic) bond motifs is 3. The molecule has 0 fully saturated rings. The second-order valence-corrected chi connectivity index (χ2v) is 17.3. The van der Waals surface area contributed by atoms with Crippen LogP contribution in [-0.2, 0) is 41.1 Å². The van der Waals surface area contributed by atoms with Gasteiger partial charge in [0.25, 0.3) is 0 Å². The van der Waals surface area contributed by atoms with Crippen LogP contribution in [0.15, 0.2) is 158 Å². The Bertz CT molecular complexity index is 2030. The average Bonchev–Trinajstić information content (AvgIpc) is 3.86. The van der Waals surface area contributed by atoms with E-state index in [1.54, 1.807) is 0 Å². The Morgan fingerprint density at radius 1 is 0.556 bits per heavy atom. The fraction of sp³-hybridized carbons (Fsp3) is 0.196. The van der Waals surface area contributed by atoms with E-state index in [-0.39, 0.29) is 35.6 Å². The third-order valence-electron chi connectivity index (χ3n) is 9.53. The van der Waals surface area contributed by atoms with Crippen molar-refractivity contribution in [1.82, 2.24) is 0 Å². The molecule has 6 aromatic carbocycles. The summed E-state index contributed by atoms with van der Waals surface area (Å²) in [4.78, 5) is 0. The van der Waals surface area contributed by atoms with Gasteiger partial charge in [-0.1, -0.05) is 131 Å². The van der Waals surface area contributed by atoms with Gasteiger partial charge >= 0.3 is 98.9 Å². The summed E-state index contributed by atoms with van der Waals surface area (Å²) in [7, 11) is 0. The molecule has 0 amide bonds. The molecule has 0 heterocycles. The molecule has 0 aromatic heterocycles. The zero-order chi connectivity index (χ0) is 36.7. The standard InChI is InChI=1S/C33H33.C13H10.C5H5.2ClH.Hf/c1-32(2,3)30-20-26-24(18-28(30)22-13-9-7-10-14-22)17-25-19-29(23-15-11-8-12-16-23)31(21-27(25)26)33(4,5)6;1-3-7-12(8-4-1)11-13-9-5-2-6-10-13;1-2-4-5-3-1;;;/h7-16,18,20-21H,17H2,1-6H3;1-10H;1-3H,4H2;2*1H;/q-1;;-1;;;+2. The van der Waals surface area contributed by atoms with Gasteiger partial charge in [-0.05, 0) is 39.5 Å². The molecule has 6 aromatic rings. The number of hydrogen-bond acceptors (Lipinski definition) is 0. The minimum atomic E-state index is 0. The SMILES string of the molecule is CC(C)(C)c1cc2c([c-]c1-c1ccccc1)Cc1cc(-c3ccccc3)c(C(C)(C)C)cc1-2.Cl.Cl.[C-]1=CC=CC1.[Hf+2]=[C](c1ccccc1)c1ccccc1. The molecule has 0 atom stereocenters. The first kappa shape index (κ1) is 42.9. The van der Waals surface area contributed by atoms with Gasteiger partial charge in [0.2, 0.25) is 0 Å². The zero-order valence-corrected chi connectivity index (χ0v) is 37.5. The second-order valence-electron chi connectivity index (χ2n) is 15.5. The molecule has 2 aliphatic carbocycles. The van der Waals surface area contributed by atoms with E-state index in [1.165, 1.54) is 70.0 Å². The monoisotopic (exact) mass is 912 g/mol. The van der Waals surface area contributed by atoms with Crippen LogP contribution in [0.5, 0.6) is 0 Å². The second kappa shape index (κ2) is 19.1. The van der Waals surface area contributed by atoms with Crippen LogP contribution in [0.1, 0.15) is 81.3 Å². The van der Waals surface area contributed by atoms with E-state index in [0.29, 0.717) is 0 Å². The molecule has 0 unspecified atom stereocenters. The molecule has 0 N–H and O–H groups in total. The number of allylic oxidation sites excluding steroid dienone is 4. The Balaban J connectivity index is 0.000000255. The Morgan fingerprint density at radius 3 is 1.48 bits per heavy atom. The third-order valence-corrected chi connectivity index (χ3v) is 11.6. The van der Waals surface area contributed by atoms with Gasteiger partial charge in [0.15, 0.2) is 0 Å². The number of hydrogen-bond donors (Lipinski definition) is 0. The van der Waals surface area contributed by atoms with Crippen molar-refractivity contribution >= 4 is 28.1 Å². The first-order valence-electron chi connectivity index (χ1n) is 18.3. The van der Waals surface area contributed by atoms with E-state index in [1.807, 2.05) is 12.2 Å². The summed E-state index contributed by atoms with van der Waals surface area (Å²) in [6.07, 6.45) is 10.9. The molecule has 0 saturated carbocycles. The van der Waals surface area contributed by atoms with Crippen molar-refractivity contribution in [2.45, 2.75) is 65.2 Å². The van der Waals surface area contributed by atoms with Crippen molar-refractivity contribution in [1.29, 1.82) is 0 Å². The van der Waals surface area contributed by atoms with Gasteiger partial charge in [0.1, 0.15) is 0 Å². The van der Waals surface area contributed by atoms with Crippen molar-refractivity contribution in [3.05, 3.63) is 203 Å². The average molecular weight is 912 g/mol. The summed E-state index contributed by atoms with van der Waals surface area (Å²) in [6.45, 7) is 13.9. The van der Waals surface area contributed by atoms with Crippen molar-refractivity contribution in [3.63, 3.8) is 0 Å². The fourth-order valence-electron chi connectivity index (χ4n) is 6.82. The molecule has 0 aliphatic heterocycles. The fourth-order valence-corrected chi connectivity index (χ4v) is 8.02. The molecular formula is C51H50Cl2Hf. The summed E-state index contributed by atoms with van der Waals surface area (Å²) in [5.41, 5.74) is 16.2. The third kappa shape index (κ3) is 10.4. The minimum absolute atomic E-state index is 0. The van der Waals surface area contributed by atoms with Crippen molar-refractivity contribution < 1.29 is 23.9 Å². The first-order valence-corrected chi connectivity index (χ1v) is 20.1. The molecular weight excluding hydrogens is 862 g/mol. The normalized spacial score (nSPS) is 12.1. The Hall–Kier alpha value is -3.88. The summed E-state index contributed by atoms with van der Waals surface area (Å²) in [6, 6.07) is 54.0. The Kier molecular flexibility index (Phi) is 15.2. The van der Waals surface area contributed by atoms with E-state index >= 15 is 0 Å². The molecule has 2 aliphatic rings. The predicted molar refractivity (Wildman–Crippen MR) is 234 cm³/mol. The number of rotatable bonds is 4. The molecule has 3 heteroatoms. The van der Waals surface area contributed by atoms with Gasteiger partial charge < -0.3 is 0 Å². The van der Waals surface area contributed by atoms with Gasteiger partial charge in [-0.2, -0.15) is 6.08 Å². The summed E-state index contributed by atoms with van der Waals surface area (Å²) >= 11 is 1.08. The van der Waals surface area contributed by atoms with E-state index in [9.17, 15) is 0 Å². The van der Waals surface area contributed by atoms with Gasteiger partial charge in [-0.3, -0.25) is 6.08 Å². The van der Waals surface area contributed by atoms with Gasteiger partial charge in [-0.25, -0.2) is 12.2 Å². The number of benzene rings is 6. The zero-order valence-electron chi connectivity index (χ0n) is 32.2. The first-order chi connectivity index (χ1) is 25.0. The summed E-state index contributed by atoms with van der Waals surface area (Å²) in [5, 5.41) is 0. The van der Waals surface area contributed by atoms with E-state index in [0.717, 1.165) is 36.7 Å². The molecule has 8 rings (SSSR count). The Labute approximate surface area is 351 Å². The van der Waals surface area contributed by atoms with Crippen LogP contribution in [0, 0.1) is 12.1 Å². The van der Waals surface area contributed by atoms with E-state index < -0.39 is 0 Å². The predicted octanol–water partition coefficient (Wildman–Crippen LogP) is 13.9. The van der Waals surface area contributed by atoms with Gasteiger partial charge in [-0.15, -0.1) is 60.1 Å². The Morgan fingerprint density at radius 2 is 1.04 bits per heavy atom. The molecule has 0 spiro atoms. The molecule has 272 valence electrons. The topological polar surface area (TPSA) is 0 Å². The van der Waals surface area contributed by atoms with Crippen molar-refractivity contribution in [3.8, 4) is 33.4 Å². The van der Waals surface area contributed by atoms with Crippen LogP contribution in [0.4, 0.5) is 0 Å². The summed E-state index contributed by atoms with van der Waals surface area (Å²) in [5.74, 6) is 0. The summed E-state index contributed by atoms with van der Waals surface area (Å²) < 4.78 is 1.46. The van der Waals surface area contributed by atoms with Gasteiger partial charge in [0, 0.05) is 0 Å². The van der Waals surface area contributed by atoms with Crippen molar-refractivity contribution in [2.75, 3.05) is 0 Å². The van der Waals surface area contributed by atoms with Gasteiger partial charge in [0.05, 0.1) is 0 Å². The van der Waals surface area contributed by atoms with Crippen LogP contribution >= 0.6 is 24.8 Å². The quantitative estimate of drug-likeness (QED) is 0.122. The van der Waals surface area contributed by atoms with E-state index in [4.69, 9.17) is 0 Å². The van der Waals surface area contributed by atoms with Crippen LogP contribution in [0.3, 0.4) is 0 Å². The molecule has 0 bridgehead atoms. The molecule has 0 saturated heterocycles.